The van der Waals surface area contributed by atoms with Crippen LogP contribution in [0.3, 0.4) is 0 Å². The van der Waals surface area contributed by atoms with E-state index in [9.17, 15) is 0 Å². The number of halogens is 1. The van der Waals surface area contributed by atoms with Crippen LogP contribution in [0.1, 0.15) is 19.3 Å². The highest BCUT2D eigenvalue weighted by atomic mass is 79.9. The predicted octanol–water partition coefficient (Wildman–Crippen LogP) is 2.87. The topological polar surface area (TPSA) is 67.9 Å². The van der Waals surface area contributed by atoms with Crippen LogP contribution < -0.4 is 10.6 Å². The molecule has 3 rings (SSSR count). The van der Waals surface area contributed by atoms with Crippen molar-refractivity contribution < 1.29 is 0 Å². The van der Waals surface area contributed by atoms with Crippen molar-refractivity contribution in [2.45, 2.75) is 19.3 Å². The zero-order chi connectivity index (χ0) is 13.9. The van der Waals surface area contributed by atoms with E-state index in [1.54, 1.807) is 0 Å². The van der Waals surface area contributed by atoms with Crippen molar-refractivity contribution in [3.8, 4) is 11.4 Å². The van der Waals surface area contributed by atoms with Gasteiger partial charge in [0.15, 0.2) is 5.82 Å². The third-order valence-corrected chi connectivity index (χ3v) is 4.09. The molecule has 0 amide bonds. The van der Waals surface area contributed by atoms with Crippen LogP contribution in [-0.4, -0.2) is 28.0 Å². The van der Waals surface area contributed by atoms with Gasteiger partial charge >= 0.3 is 0 Å². The highest BCUT2D eigenvalue weighted by molar-refractivity contribution is 9.10. The highest BCUT2D eigenvalue weighted by Gasteiger charge is 2.16. The van der Waals surface area contributed by atoms with Crippen molar-refractivity contribution >= 4 is 27.8 Å². The van der Waals surface area contributed by atoms with E-state index in [2.05, 4.69) is 35.8 Å². The lowest BCUT2D eigenvalue weighted by molar-refractivity contribution is 0.568. The molecule has 1 saturated heterocycles. The second-order valence-electron chi connectivity index (χ2n) is 4.84. The van der Waals surface area contributed by atoms with Gasteiger partial charge in [-0.25, -0.2) is 0 Å². The average molecular weight is 334 g/mol. The Morgan fingerprint density at radius 3 is 2.50 bits per heavy atom. The molecular weight excluding hydrogens is 318 g/mol. The fourth-order valence-electron chi connectivity index (χ4n) is 2.38. The van der Waals surface area contributed by atoms with Crippen LogP contribution >= 0.6 is 15.9 Å². The van der Waals surface area contributed by atoms with Gasteiger partial charge in [-0.3, -0.25) is 0 Å². The summed E-state index contributed by atoms with van der Waals surface area (Å²) < 4.78 is 0.954. The second kappa shape index (κ2) is 5.75. The van der Waals surface area contributed by atoms with E-state index in [-0.39, 0.29) is 5.95 Å². The molecule has 0 atom stereocenters. The van der Waals surface area contributed by atoms with Crippen molar-refractivity contribution in [3.05, 3.63) is 28.7 Å². The van der Waals surface area contributed by atoms with Gasteiger partial charge in [-0.1, -0.05) is 34.1 Å². The van der Waals surface area contributed by atoms with Crippen LogP contribution in [0.5, 0.6) is 0 Å². The Balaban J connectivity index is 2.00. The second-order valence-corrected chi connectivity index (χ2v) is 5.70. The summed E-state index contributed by atoms with van der Waals surface area (Å²) in [6, 6.07) is 7.86. The Bertz CT molecular complexity index is 610. The smallest absolute Gasteiger partial charge is 0.230 e. The third-order valence-electron chi connectivity index (χ3n) is 3.39. The standard InChI is InChI=1S/C14H16BrN5/c15-11-7-3-2-6-10(11)12-17-13(16)19-14(18-12)20-8-4-1-5-9-20/h2-3,6-7H,1,4-5,8-9H2,(H2,16,17,18,19). The number of nitrogens with two attached hydrogens (primary N) is 1. The molecule has 104 valence electrons. The minimum atomic E-state index is 0.270. The Morgan fingerprint density at radius 2 is 1.75 bits per heavy atom. The maximum Gasteiger partial charge on any atom is 0.230 e. The van der Waals surface area contributed by atoms with Crippen molar-refractivity contribution in [3.63, 3.8) is 0 Å². The molecule has 2 aromatic rings. The summed E-state index contributed by atoms with van der Waals surface area (Å²) in [5, 5.41) is 0. The van der Waals surface area contributed by atoms with Crippen LogP contribution in [0.15, 0.2) is 28.7 Å². The molecule has 5 nitrogen and oxygen atoms in total. The zero-order valence-electron chi connectivity index (χ0n) is 11.1. The van der Waals surface area contributed by atoms with Crippen molar-refractivity contribution in [1.29, 1.82) is 0 Å². The Morgan fingerprint density at radius 1 is 1.00 bits per heavy atom. The molecule has 20 heavy (non-hydrogen) atoms. The molecule has 6 heteroatoms. The van der Waals surface area contributed by atoms with E-state index in [0.717, 1.165) is 23.1 Å². The minimum absolute atomic E-state index is 0.270. The molecule has 1 fully saturated rings. The fourth-order valence-corrected chi connectivity index (χ4v) is 2.84. The zero-order valence-corrected chi connectivity index (χ0v) is 12.7. The van der Waals surface area contributed by atoms with E-state index in [1.165, 1.54) is 19.3 Å². The van der Waals surface area contributed by atoms with Crippen LogP contribution in [0.2, 0.25) is 0 Å². The molecule has 0 radical (unpaired) electrons. The molecule has 0 saturated carbocycles. The SMILES string of the molecule is Nc1nc(-c2ccccc2Br)nc(N2CCCCC2)n1. The first kappa shape index (κ1) is 13.3. The molecule has 1 aromatic heterocycles. The van der Waals surface area contributed by atoms with Gasteiger partial charge in [0.2, 0.25) is 11.9 Å². The van der Waals surface area contributed by atoms with E-state index in [1.807, 2.05) is 24.3 Å². The van der Waals surface area contributed by atoms with Gasteiger partial charge in [0.25, 0.3) is 0 Å². The maximum absolute atomic E-state index is 5.85. The first-order valence-electron chi connectivity index (χ1n) is 6.75. The number of rotatable bonds is 2. The third kappa shape index (κ3) is 2.75. The number of piperidine rings is 1. The van der Waals surface area contributed by atoms with Crippen LogP contribution in [-0.2, 0) is 0 Å². The lowest BCUT2D eigenvalue weighted by Gasteiger charge is -2.26. The first-order chi connectivity index (χ1) is 9.74. The predicted molar refractivity (Wildman–Crippen MR) is 83.4 cm³/mol. The van der Waals surface area contributed by atoms with E-state index < -0.39 is 0 Å². The summed E-state index contributed by atoms with van der Waals surface area (Å²) in [4.78, 5) is 15.3. The number of hydrogen-bond donors (Lipinski definition) is 1. The molecule has 0 aliphatic carbocycles. The van der Waals surface area contributed by atoms with Crippen molar-refractivity contribution in [2.24, 2.45) is 0 Å². The lowest BCUT2D eigenvalue weighted by atomic mass is 10.1. The minimum Gasteiger partial charge on any atom is -0.368 e. The summed E-state index contributed by atoms with van der Waals surface area (Å²) in [6.07, 6.45) is 3.63. The maximum atomic E-state index is 5.85. The molecule has 1 aromatic carbocycles. The first-order valence-corrected chi connectivity index (χ1v) is 7.55. The van der Waals surface area contributed by atoms with Crippen molar-refractivity contribution in [1.82, 2.24) is 15.0 Å². The summed E-state index contributed by atoms with van der Waals surface area (Å²) in [6.45, 7) is 1.97. The highest BCUT2D eigenvalue weighted by Crippen LogP contribution is 2.27. The average Bonchev–Trinajstić information content (AvgIpc) is 2.48. The Labute approximate surface area is 126 Å². The monoisotopic (exact) mass is 333 g/mol. The number of nitrogen functional groups attached to an aromatic ring is 1. The number of nitrogens with zero attached hydrogens (tertiary/aromatic N) is 4. The normalized spacial score (nSPS) is 15.3. The van der Waals surface area contributed by atoms with Gasteiger partial charge in [0.1, 0.15) is 0 Å². The van der Waals surface area contributed by atoms with Gasteiger partial charge in [0.05, 0.1) is 0 Å². The van der Waals surface area contributed by atoms with Gasteiger partial charge < -0.3 is 10.6 Å². The number of benzene rings is 1. The molecule has 0 unspecified atom stereocenters. The fraction of sp³-hybridized carbons (Fsp3) is 0.357. The Hall–Kier alpha value is -1.69. The molecule has 0 bridgehead atoms. The molecule has 0 spiro atoms. The Kier molecular flexibility index (Phi) is 3.82. The van der Waals surface area contributed by atoms with Crippen LogP contribution in [0, 0.1) is 0 Å². The number of aromatic nitrogens is 3. The van der Waals surface area contributed by atoms with Crippen LogP contribution in [0.4, 0.5) is 11.9 Å². The van der Waals surface area contributed by atoms with E-state index in [4.69, 9.17) is 5.73 Å². The summed E-state index contributed by atoms with van der Waals surface area (Å²) in [5.41, 5.74) is 6.78. The van der Waals surface area contributed by atoms with Crippen LogP contribution in [0.25, 0.3) is 11.4 Å². The number of anilines is 2. The van der Waals surface area contributed by atoms with Gasteiger partial charge in [-0.05, 0) is 25.3 Å². The molecular formula is C14H16BrN5. The summed E-state index contributed by atoms with van der Waals surface area (Å²) in [7, 11) is 0. The lowest BCUT2D eigenvalue weighted by Crippen LogP contribution is -2.31. The van der Waals surface area contributed by atoms with Gasteiger partial charge in [0, 0.05) is 23.1 Å². The summed E-state index contributed by atoms with van der Waals surface area (Å²) >= 11 is 3.52. The number of hydrogen-bond acceptors (Lipinski definition) is 5. The van der Waals surface area contributed by atoms with Gasteiger partial charge in [-0.15, -0.1) is 0 Å². The van der Waals surface area contributed by atoms with E-state index in [0.29, 0.717) is 11.8 Å². The summed E-state index contributed by atoms with van der Waals surface area (Å²) in [5.74, 6) is 1.57. The van der Waals surface area contributed by atoms with E-state index >= 15 is 0 Å². The molecule has 1 aliphatic rings. The quantitative estimate of drug-likeness (QED) is 0.915. The largest absolute Gasteiger partial charge is 0.368 e. The van der Waals surface area contributed by atoms with Gasteiger partial charge in [-0.2, -0.15) is 15.0 Å². The molecule has 1 aliphatic heterocycles. The molecule has 2 N–H and O–H groups in total. The van der Waals surface area contributed by atoms with Crippen molar-refractivity contribution in [2.75, 3.05) is 23.7 Å². The molecule has 2 heterocycles.